The Balaban J connectivity index is 1.38. The minimum atomic E-state index is -0.0918. The van der Waals surface area contributed by atoms with Gasteiger partial charge in [0, 0.05) is 44.5 Å². The zero-order valence-electron chi connectivity index (χ0n) is 15.0. The molecular weight excluding hydrogens is 328 g/mol. The monoisotopic (exact) mass is 352 g/mol. The van der Waals surface area contributed by atoms with Crippen molar-refractivity contribution in [1.82, 2.24) is 14.9 Å². The van der Waals surface area contributed by atoms with Crippen molar-refractivity contribution in [3.8, 4) is 0 Å². The Morgan fingerprint density at radius 3 is 2.88 bits per heavy atom. The SMILES string of the molecule is Cn1ccnc(N2CCC[C@H](NC(=O)[C@H]3C[C@@H]3c3ccccc3)C2)c1=O. The molecule has 26 heavy (non-hydrogen) atoms. The maximum Gasteiger partial charge on any atom is 0.293 e. The van der Waals surface area contributed by atoms with Gasteiger partial charge in [0.15, 0.2) is 5.82 Å². The third kappa shape index (κ3) is 3.36. The van der Waals surface area contributed by atoms with Gasteiger partial charge in [-0.3, -0.25) is 9.59 Å². The number of aryl methyl sites for hydroxylation is 1. The molecule has 0 spiro atoms. The Labute approximate surface area is 152 Å². The molecule has 6 heteroatoms. The number of benzene rings is 1. The van der Waals surface area contributed by atoms with Crippen LogP contribution in [0, 0.1) is 5.92 Å². The highest BCUT2D eigenvalue weighted by Crippen LogP contribution is 2.47. The summed E-state index contributed by atoms with van der Waals surface area (Å²) >= 11 is 0. The maximum atomic E-state index is 12.6. The lowest BCUT2D eigenvalue weighted by Crippen LogP contribution is -2.50. The summed E-state index contributed by atoms with van der Waals surface area (Å²) in [7, 11) is 1.73. The molecule has 1 saturated heterocycles. The molecule has 136 valence electrons. The fourth-order valence-electron chi connectivity index (χ4n) is 3.85. The second kappa shape index (κ2) is 6.94. The van der Waals surface area contributed by atoms with E-state index in [0.29, 0.717) is 18.3 Å². The molecule has 1 aliphatic heterocycles. The van der Waals surface area contributed by atoms with Crippen LogP contribution in [0.1, 0.15) is 30.7 Å². The molecule has 0 radical (unpaired) electrons. The Kier molecular flexibility index (Phi) is 4.49. The second-order valence-corrected chi connectivity index (χ2v) is 7.32. The lowest BCUT2D eigenvalue weighted by atomic mass is 10.0. The van der Waals surface area contributed by atoms with Gasteiger partial charge in [0.1, 0.15) is 0 Å². The molecule has 1 saturated carbocycles. The third-order valence-corrected chi connectivity index (χ3v) is 5.42. The Hall–Kier alpha value is -2.63. The van der Waals surface area contributed by atoms with Gasteiger partial charge in [-0.05, 0) is 30.7 Å². The molecular formula is C20H24N4O2. The summed E-state index contributed by atoms with van der Waals surface area (Å²) in [6, 6.07) is 10.3. The summed E-state index contributed by atoms with van der Waals surface area (Å²) in [6.07, 6.45) is 6.11. The summed E-state index contributed by atoms with van der Waals surface area (Å²) in [5, 5.41) is 3.20. The predicted molar refractivity (Wildman–Crippen MR) is 100 cm³/mol. The van der Waals surface area contributed by atoms with E-state index in [2.05, 4.69) is 22.4 Å². The van der Waals surface area contributed by atoms with Crippen molar-refractivity contribution in [2.24, 2.45) is 13.0 Å². The predicted octanol–water partition coefficient (Wildman–Crippen LogP) is 1.67. The van der Waals surface area contributed by atoms with Crippen molar-refractivity contribution in [3.05, 3.63) is 58.6 Å². The van der Waals surface area contributed by atoms with Crippen molar-refractivity contribution in [3.63, 3.8) is 0 Å². The minimum absolute atomic E-state index is 0.0694. The van der Waals surface area contributed by atoms with Crippen LogP contribution >= 0.6 is 0 Å². The van der Waals surface area contributed by atoms with E-state index in [4.69, 9.17) is 0 Å². The van der Waals surface area contributed by atoms with Gasteiger partial charge in [0.2, 0.25) is 5.91 Å². The van der Waals surface area contributed by atoms with Crippen LogP contribution in [0.3, 0.4) is 0 Å². The first kappa shape index (κ1) is 16.8. The van der Waals surface area contributed by atoms with Crippen LogP contribution in [0.5, 0.6) is 0 Å². The van der Waals surface area contributed by atoms with E-state index in [0.717, 1.165) is 25.8 Å². The number of nitrogens with one attached hydrogen (secondary N) is 1. The molecule has 0 bridgehead atoms. The number of nitrogens with zero attached hydrogens (tertiary/aromatic N) is 3. The van der Waals surface area contributed by atoms with Gasteiger partial charge in [-0.15, -0.1) is 0 Å². The molecule has 4 rings (SSSR count). The van der Waals surface area contributed by atoms with Crippen LogP contribution in [0.2, 0.25) is 0 Å². The quantitative estimate of drug-likeness (QED) is 0.909. The van der Waals surface area contributed by atoms with Gasteiger partial charge in [-0.25, -0.2) is 4.98 Å². The van der Waals surface area contributed by atoms with E-state index >= 15 is 0 Å². The van der Waals surface area contributed by atoms with E-state index in [1.54, 1.807) is 24.0 Å². The number of hydrogen-bond donors (Lipinski definition) is 1. The molecule has 1 aliphatic carbocycles. The van der Waals surface area contributed by atoms with Crippen LogP contribution in [-0.4, -0.2) is 34.6 Å². The first-order chi connectivity index (χ1) is 12.6. The van der Waals surface area contributed by atoms with Crippen molar-refractivity contribution in [2.75, 3.05) is 18.0 Å². The highest BCUT2D eigenvalue weighted by molar-refractivity contribution is 5.83. The number of hydrogen-bond acceptors (Lipinski definition) is 4. The summed E-state index contributed by atoms with van der Waals surface area (Å²) < 4.78 is 1.54. The summed E-state index contributed by atoms with van der Waals surface area (Å²) in [6.45, 7) is 1.44. The van der Waals surface area contributed by atoms with Crippen LogP contribution in [0.25, 0.3) is 0 Å². The largest absolute Gasteiger partial charge is 0.351 e. The van der Waals surface area contributed by atoms with Gasteiger partial charge >= 0.3 is 0 Å². The lowest BCUT2D eigenvalue weighted by Gasteiger charge is -2.33. The molecule has 2 aromatic rings. The van der Waals surface area contributed by atoms with Gasteiger partial charge < -0.3 is 14.8 Å². The number of carbonyl (C=O) groups excluding carboxylic acids is 1. The van der Waals surface area contributed by atoms with Crippen LogP contribution in [0.4, 0.5) is 5.82 Å². The van der Waals surface area contributed by atoms with E-state index in [-0.39, 0.29) is 23.4 Å². The van der Waals surface area contributed by atoms with E-state index in [1.807, 2.05) is 23.1 Å². The minimum Gasteiger partial charge on any atom is -0.351 e. The molecule has 1 amide bonds. The topological polar surface area (TPSA) is 67.2 Å². The van der Waals surface area contributed by atoms with Gasteiger partial charge in [0.25, 0.3) is 5.56 Å². The number of rotatable bonds is 4. The summed E-state index contributed by atoms with van der Waals surface area (Å²) in [5.74, 6) is 1.04. The molecule has 1 aromatic carbocycles. The van der Waals surface area contributed by atoms with Crippen LogP contribution in [0.15, 0.2) is 47.5 Å². The molecule has 6 nitrogen and oxygen atoms in total. The van der Waals surface area contributed by atoms with Crippen molar-refractivity contribution >= 4 is 11.7 Å². The number of amides is 1. The van der Waals surface area contributed by atoms with Gasteiger partial charge in [-0.1, -0.05) is 30.3 Å². The maximum absolute atomic E-state index is 12.6. The Morgan fingerprint density at radius 2 is 2.08 bits per heavy atom. The van der Waals surface area contributed by atoms with E-state index in [9.17, 15) is 9.59 Å². The van der Waals surface area contributed by atoms with Crippen LogP contribution < -0.4 is 15.8 Å². The Morgan fingerprint density at radius 1 is 1.27 bits per heavy atom. The fourth-order valence-corrected chi connectivity index (χ4v) is 3.85. The van der Waals surface area contributed by atoms with E-state index in [1.165, 1.54) is 5.56 Å². The number of aromatic nitrogens is 2. The van der Waals surface area contributed by atoms with Crippen molar-refractivity contribution < 1.29 is 4.79 Å². The summed E-state index contributed by atoms with van der Waals surface area (Å²) in [4.78, 5) is 31.2. The standard InChI is InChI=1S/C20H24N4O2/c1-23-11-9-21-18(20(23)26)24-10-5-8-15(13-24)22-19(25)17-12-16(17)14-6-3-2-4-7-14/h2-4,6-7,9,11,15-17H,5,8,10,12-13H2,1H3,(H,22,25)/t15-,16+,17-/m0/s1. The average molecular weight is 352 g/mol. The molecule has 2 aliphatic rings. The number of piperidine rings is 1. The van der Waals surface area contributed by atoms with Gasteiger partial charge in [0.05, 0.1) is 0 Å². The number of carbonyl (C=O) groups is 1. The highest BCUT2D eigenvalue weighted by Gasteiger charge is 2.44. The molecule has 3 atom stereocenters. The zero-order valence-corrected chi connectivity index (χ0v) is 15.0. The first-order valence-electron chi connectivity index (χ1n) is 9.25. The molecule has 1 aromatic heterocycles. The van der Waals surface area contributed by atoms with Crippen molar-refractivity contribution in [2.45, 2.75) is 31.2 Å². The van der Waals surface area contributed by atoms with Crippen molar-refractivity contribution in [1.29, 1.82) is 0 Å². The summed E-state index contributed by atoms with van der Waals surface area (Å²) in [5.41, 5.74) is 1.15. The van der Waals surface area contributed by atoms with Gasteiger partial charge in [-0.2, -0.15) is 0 Å². The molecule has 1 N–H and O–H groups in total. The smallest absolute Gasteiger partial charge is 0.293 e. The van der Waals surface area contributed by atoms with E-state index < -0.39 is 0 Å². The molecule has 2 fully saturated rings. The molecule has 0 unspecified atom stereocenters. The van der Waals surface area contributed by atoms with Crippen LogP contribution in [-0.2, 0) is 11.8 Å². The second-order valence-electron chi connectivity index (χ2n) is 7.32. The normalized spacial score (nSPS) is 25.0. The number of anilines is 1. The lowest BCUT2D eigenvalue weighted by molar-refractivity contribution is -0.123. The first-order valence-corrected chi connectivity index (χ1v) is 9.25. The Bertz CT molecular complexity index is 848. The zero-order chi connectivity index (χ0) is 18.1. The third-order valence-electron chi connectivity index (χ3n) is 5.42. The highest BCUT2D eigenvalue weighted by atomic mass is 16.2. The fraction of sp³-hybridized carbons (Fsp3) is 0.450. The molecule has 2 heterocycles. The average Bonchev–Trinajstić information content (AvgIpc) is 3.46.